The highest BCUT2D eigenvalue weighted by Gasteiger charge is 2.24. The molecule has 0 bridgehead atoms. The van der Waals surface area contributed by atoms with E-state index >= 15 is 0 Å². The van der Waals surface area contributed by atoms with Gasteiger partial charge in [0.05, 0.1) is 16.3 Å². The van der Waals surface area contributed by atoms with Crippen molar-refractivity contribution in [3.05, 3.63) is 54.1 Å². The van der Waals surface area contributed by atoms with Crippen LogP contribution in [0.3, 0.4) is 0 Å². The number of hydrogen-bond donors (Lipinski definition) is 1. The van der Waals surface area contributed by atoms with Crippen molar-refractivity contribution in [2.24, 2.45) is 0 Å². The van der Waals surface area contributed by atoms with Crippen LogP contribution < -0.4 is 10.2 Å². The summed E-state index contributed by atoms with van der Waals surface area (Å²) in [6.07, 6.45) is 1.99. The van der Waals surface area contributed by atoms with Gasteiger partial charge in [-0.15, -0.1) is 0 Å². The van der Waals surface area contributed by atoms with Gasteiger partial charge in [-0.2, -0.15) is 0 Å². The number of nitrogens with one attached hydrogen (secondary N) is 1. The molecule has 1 aliphatic rings. The number of nitrogens with zero attached hydrogens (tertiary/aromatic N) is 1. The Hall–Kier alpha value is -2.34. The van der Waals surface area contributed by atoms with Crippen LogP contribution in [0.2, 0.25) is 0 Å². The molecule has 2 aromatic rings. The van der Waals surface area contributed by atoms with Crippen molar-refractivity contribution in [1.29, 1.82) is 0 Å². The second-order valence-corrected chi connectivity index (χ2v) is 8.12. The predicted molar refractivity (Wildman–Crippen MR) is 95.4 cm³/mol. The zero-order chi connectivity index (χ0) is 17.3. The van der Waals surface area contributed by atoms with E-state index in [-0.39, 0.29) is 16.8 Å². The molecule has 5 nitrogen and oxygen atoms in total. The van der Waals surface area contributed by atoms with Crippen LogP contribution in [-0.4, -0.2) is 33.2 Å². The average molecular weight is 344 g/mol. The normalized spacial score (nSPS) is 17.6. The number of amides is 1. The van der Waals surface area contributed by atoms with Gasteiger partial charge >= 0.3 is 0 Å². The minimum atomic E-state index is -3.27. The fraction of sp³-hybridized carbons (Fsp3) is 0.278. The summed E-state index contributed by atoms with van der Waals surface area (Å²) in [6.45, 7) is 2.70. The van der Waals surface area contributed by atoms with Crippen LogP contribution in [-0.2, 0) is 9.84 Å². The molecule has 1 atom stereocenters. The third-order valence-corrected chi connectivity index (χ3v) is 5.29. The SMILES string of the molecule is CC1CCN(C(=O)c2ccc(S(C)(=O)=O)cc2)c2ccccc2N1. The van der Waals surface area contributed by atoms with E-state index in [1.807, 2.05) is 24.3 Å². The molecule has 0 saturated heterocycles. The maximum absolute atomic E-state index is 12.9. The first-order valence-corrected chi connectivity index (χ1v) is 9.73. The molecule has 6 heteroatoms. The van der Waals surface area contributed by atoms with Gasteiger partial charge in [-0.05, 0) is 49.7 Å². The van der Waals surface area contributed by atoms with E-state index in [0.717, 1.165) is 24.1 Å². The first-order chi connectivity index (χ1) is 11.4. The van der Waals surface area contributed by atoms with Gasteiger partial charge in [-0.25, -0.2) is 8.42 Å². The van der Waals surface area contributed by atoms with Crippen molar-refractivity contribution in [1.82, 2.24) is 0 Å². The zero-order valence-corrected chi connectivity index (χ0v) is 14.5. The lowest BCUT2D eigenvalue weighted by Gasteiger charge is -2.22. The molecule has 0 radical (unpaired) electrons. The predicted octanol–water partition coefficient (Wildman–Crippen LogP) is 2.94. The van der Waals surface area contributed by atoms with Crippen LogP contribution in [0.5, 0.6) is 0 Å². The van der Waals surface area contributed by atoms with Crippen LogP contribution in [0, 0.1) is 0 Å². The van der Waals surface area contributed by atoms with E-state index in [1.165, 1.54) is 12.1 Å². The van der Waals surface area contributed by atoms with Crippen molar-refractivity contribution in [3.8, 4) is 0 Å². The molecule has 3 rings (SSSR count). The summed E-state index contributed by atoms with van der Waals surface area (Å²) < 4.78 is 23.1. The van der Waals surface area contributed by atoms with Crippen molar-refractivity contribution in [2.45, 2.75) is 24.3 Å². The van der Waals surface area contributed by atoms with E-state index in [2.05, 4.69) is 12.2 Å². The van der Waals surface area contributed by atoms with Gasteiger partial charge in [-0.3, -0.25) is 4.79 Å². The summed E-state index contributed by atoms with van der Waals surface area (Å²) in [5.41, 5.74) is 2.26. The Kier molecular flexibility index (Phi) is 4.32. The highest BCUT2D eigenvalue weighted by molar-refractivity contribution is 7.90. The van der Waals surface area contributed by atoms with Crippen molar-refractivity contribution in [2.75, 3.05) is 23.0 Å². The molecule has 0 saturated carbocycles. The Morgan fingerprint density at radius 2 is 1.79 bits per heavy atom. The van der Waals surface area contributed by atoms with E-state index in [0.29, 0.717) is 12.1 Å². The minimum Gasteiger partial charge on any atom is -0.381 e. The van der Waals surface area contributed by atoms with Gasteiger partial charge in [0.25, 0.3) is 5.91 Å². The smallest absolute Gasteiger partial charge is 0.258 e. The molecule has 1 aliphatic heterocycles. The summed E-state index contributed by atoms with van der Waals surface area (Å²) in [5, 5.41) is 3.41. The third kappa shape index (κ3) is 3.28. The maximum atomic E-state index is 12.9. The lowest BCUT2D eigenvalue weighted by Crippen LogP contribution is -2.32. The zero-order valence-electron chi connectivity index (χ0n) is 13.7. The van der Waals surface area contributed by atoms with E-state index in [1.54, 1.807) is 17.0 Å². The Labute approximate surface area is 142 Å². The van der Waals surface area contributed by atoms with Gasteiger partial charge < -0.3 is 10.2 Å². The molecule has 24 heavy (non-hydrogen) atoms. The van der Waals surface area contributed by atoms with Crippen LogP contribution in [0.15, 0.2) is 53.4 Å². The van der Waals surface area contributed by atoms with Crippen LogP contribution in [0.25, 0.3) is 0 Å². The van der Waals surface area contributed by atoms with Crippen molar-refractivity contribution < 1.29 is 13.2 Å². The van der Waals surface area contributed by atoms with Gasteiger partial charge in [0.15, 0.2) is 9.84 Å². The number of carbonyl (C=O) groups excluding carboxylic acids is 1. The Morgan fingerprint density at radius 1 is 1.12 bits per heavy atom. The summed E-state index contributed by atoms with van der Waals surface area (Å²) in [5.74, 6) is -0.126. The van der Waals surface area contributed by atoms with Crippen LogP contribution in [0.1, 0.15) is 23.7 Å². The summed E-state index contributed by atoms with van der Waals surface area (Å²) >= 11 is 0. The average Bonchev–Trinajstić information content (AvgIpc) is 2.72. The third-order valence-electron chi connectivity index (χ3n) is 4.16. The van der Waals surface area contributed by atoms with Crippen molar-refractivity contribution >= 4 is 27.1 Å². The number of carbonyl (C=O) groups is 1. The monoisotopic (exact) mass is 344 g/mol. The van der Waals surface area contributed by atoms with Crippen LogP contribution in [0.4, 0.5) is 11.4 Å². The molecule has 0 spiro atoms. The number of fused-ring (bicyclic) bond motifs is 1. The van der Waals surface area contributed by atoms with Gasteiger partial charge in [-0.1, -0.05) is 12.1 Å². The molecule has 126 valence electrons. The van der Waals surface area contributed by atoms with Gasteiger partial charge in [0.1, 0.15) is 0 Å². The molecular formula is C18H20N2O3S. The van der Waals surface area contributed by atoms with Gasteiger partial charge in [0, 0.05) is 24.4 Å². The fourth-order valence-electron chi connectivity index (χ4n) is 2.82. The van der Waals surface area contributed by atoms with E-state index in [9.17, 15) is 13.2 Å². The molecule has 0 aliphatic carbocycles. The first-order valence-electron chi connectivity index (χ1n) is 7.84. The minimum absolute atomic E-state index is 0.126. The molecule has 1 unspecified atom stereocenters. The molecule has 1 heterocycles. The fourth-order valence-corrected chi connectivity index (χ4v) is 3.45. The standard InChI is InChI=1S/C18H20N2O3S/c1-13-11-12-20(17-6-4-3-5-16(17)19-13)18(21)14-7-9-15(10-8-14)24(2,22)23/h3-10,13,19H,11-12H2,1-2H3. The molecule has 1 N–H and O–H groups in total. The summed E-state index contributed by atoms with van der Waals surface area (Å²) in [6, 6.07) is 14.1. The van der Waals surface area contributed by atoms with Crippen LogP contribution >= 0.6 is 0 Å². The summed E-state index contributed by atoms with van der Waals surface area (Å²) in [7, 11) is -3.27. The highest BCUT2D eigenvalue weighted by Crippen LogP contribution is 2.31. The topological polar surface area (TPSA) is 66.5 Å². The molecule has 2 aromatic carbocycles. The molecule has 0 aromatic heterocycles. The number of hydrogen-bond acceptors (Lipinski definition) is 4. The van der Waals surface area contributed by atoms with E-state index < -0.39 is 9.84 Å². The lowest BCUT2D eigenvalue weighted by molar-refractivity contribution is 0.0987. The highest BCUT2D eigenvalue weighted by atomic mass is 32.2. The van der Waals surface area contributed by atoms with Gasteiger partial charge in [0.2, 0.25) is 0 Å². The van der Waals surface area contributed by atoms with E-state index in [4.69, 9.17) is 0 Å². The number of para-hydroxylation sites is 2. The molecule has 1 amide bonds. The van der Waals surface area contributed by atoms with Crippen molar-refractivity contribution in [3.63, 3.8) is 0 Å². The Balaban J connectivity index is 1.95. The summed E-state index contributed by atoms with van der Waals surface area (Å²) in [4.78, 5) is 14.9. The Morgan fingerprint density at radius 3 is 2.46 bits per heavy atom. The number of benzene rings is 2. The Bertz CT molecular complexity index is 860. The quantitative estimate of drug-likeness (QED) is 0.910. The number of rotatable bonds is 2. The molecule has 0 fully saturated rings. The number of anilines is 2. The lowest BCUT2D eigenvalue weighted by atomic mass is 10.1. The largest absolute Gasteiger partial charge is 0.381 e. The number of sulfone groups is 1. The maximum Gasteiger partial charge on any atom is 0.258 e. The molecular weight excluding hydrogens is 324 g/mol. The first kappa shape index (κ1) is 16.5. The second kappa shape index (κ2) is 6.28. The second-order valence-electron chi connectivity index (χ2n) is 6.10.